The first-order chi connectivity index (χ1) is 12.2. The zero-order valence-corrected chi connectivity index (χ0v) is 15.0. The second-order valence-electron chi connectivity index (χ2n) is 6.25. The summed E-state index contributed by atoms with van der Waals surface area (Å²) in [5.74, 6) is 0.852. The Labute approximate surface area is 149 Å². The van der Waals surface area contributed by atoms with Crippen molar-refractivity contribution in [3.8, 4) is 5.75 Å². The summed E-state index contributed by atoms with van der Waals surface area (Å²) in [6.07, 6.45) is 3.21. The van der Waals surface area contributed by atoms with Crippen LogP contribution < -0.4 is 16.0 Å². The van der Waals surface area contributed by atoms with Gasteiger partial charge in [0.15, 0.2) is 0 Å². The summed E-state index contributed by atoms with van der Waals surface area (Å²) in [7, 11) is 1.70. The number of nitrogens with zero attached hydrogens (tertiary/aromatic N) is 1. The summed E-state index contributed by atoms with van der Waals surface area (Å²) >= 11 is 1.48. The first-order valence-electron chi connectivity index (χ1n) is 8.45. The number of benzene rings is 1. The average Bonchev–Trinajstić information content (AvgIpc) is 3.12. The van der Waals surface area contributed by atoms with Crippen LogP contribution >= 0.6 is 11.3 Å². The fourth-order valence-corrected chi connectivity index (χ4v) is 4.44. The lowest BCUT2D eigenvalue weighted by molar-refractivity contribution is 0.310. The third kappa shape index (κ3) is 2.76. The van der Waals surface area contributed by atoms with Gasteiger partial charge < -0.3 is 15.5 Å². The first kappa shape index (κ1) is 16.3. The number of aromatic nitrogens is 1. The molecule has 0 aliphatic carbocycles. The molecule has 4 rings (SSSR count). The summed E-state index contributed by atoms with van der Waals surface area (Å²) in [5, 5.41) is 4.05. The van der Waals surface area contributed by atoms with E-state index < -0.39 is 0 Å². The van der Waals surface area contributed by atoms with E-state index in [1.807, 2.05) is 23.6 Å². The van der Waals surface area contributed by atoms with Gasteiger partial charge in [0.25, 0.3) is 5.56 Å². The Balaban J connectivity index is 1.96. The van der Waals surface area contributed by atoms with Gasteiger partial charge in [-0.05, 0) is 35.6 Å². The molecule has 0 radical (unpaired) electrons. The van der Waals surface area contributed by atoms with E-state index in [-0.39, 0.29) is 5.56 Å². The maximum atomic E-state index is 12.3. The van der Waals surface area contributed by atoms with Crippen molar-refractivity contribution in [3.05, 3.63) is 45.6 Å². The summed E-state index contributed by atoms with van der Waals surface area (Å²) in [6, 6.07) is 5.91. The van der Waals surface area contributed by atoms with Crippen LogP contribution in [0.1, 0.15) is 12.0 Å². The zero-order valence-electron chi connectivity index (χ0n) is 14.2. The van der Waals surface area contributed by atoms with Crippen LogP contribution in [-0.2, 0) is 0 Å². The third-order valence-corrected chi connectivity index (χ3v) is 5.75. The number of nitrogens with one attached hydrogen (secondary N) is 1. The molecule has 0 unspecified atom stereocenters. The molecule has 25 heavy (non-hydrogen) atoms. The predicted molar refractivity (Wildman–Crippen MR) is 105 cm³/mol. The van der Waals surface area contributed by atoms with Gasteiger partial charge in [-0.2, -0.15) is 0 Å². The van der Waals surface area contributed by atoms with E-state index in [9.17, 15) is 4.79 Å². The van der Waals surface area contributed by atoms with E-state index in [4.69, 9.17) is 10.5 Å². The maximum absolute atomic E-state index is 12.3. The van der Waals surface area contributed by atoms with Crippen LogP contribution in [0.25, 0.3) is 26.6 Å². The van der Waals surface area contributed by atoms with E-state index in [1.54, 1.807) is 7.11 Å². The molecule has 0 saturated heterocycles. The van der Waals surface area contributed by atoms with Gasteiger partial charge in [0, 0.05) is 48.0 Å². The highest BCUT2D eigenvalue weighted by molar-refractivity contribution is 7.17. The molecule has 3 aromatic rings. The van der Waals surface area contributed by atoms with Crippen molar-refractivity contribution in [1.82, 2.24) is 9.88 Å². The number of fused-ring (bicyclic) bond motifs is 3. The number of pyridine rings is 1. The van der Waals surface area contributed by atoms with Crippen LogP contribution in [0.15, 0.2) is 34.4 Å². The fourth-order valence-electron chi connectivity index (χ4n) is 3.64. The number of thiophene rings is 1. The lowest BCUT2D eigenvalue weighted by atomic mass is 9.93. The number of rotatable bonds is 4. The summed E-state index contributed by atoms with van der Waals surface area (Å²) < 4.78 is 6.44. The van der Waals surface area contributed by atoms with E-state index in [0.29, 0.717) is 6.54 Å². The van der Waals surface area contributed by atoms with Gasteiger partial charge in [-0.15, -0.1) is 11.3 Å². The summed E-state index contributed by atoms with van der Waals surface area (Å²) in [4.78, 5) is 17.7. The van der Waals surface area contributed by atoms with Gasteiger partial charge in [0.1, 0.15) is 10.4 Å². The predicted octanol–water partition coefficient (Wildman–Crippen LogP) is 2.80. The molecule has 5 nitrogen and oxygen atoms in total. The van der Waals surface area contributed by atoms with Gasteiger partial charge in [0.05, 0.1) is 7.11 Å². The van der Waals surface area contributed by atoms with Gasteiger partial charge in [0.2, 0.25) is 0 Å². The van der Waals surface area contributed by atoms with E-state index in [2.05, 4.69) is 16.0 Å². The fraction of sp³-hybridized carbons (Fsp3) is 0.316. The number of ether oxygens (including phenoxy) is 1. The molecular formula is C19H21N3O2S. The van der Waals surface area contributed by atoms with Crippen molar-refractivity contribution in [2.75, 3.05) is 33.3 Å². The minimum atomic E-state index is -0.0274. The standard InChI is InChI=1S/C19H21N3O2S/c1-24-15-3-2-14-17(13-6-11-25-18(13)19(23)21-14)16(15)12-4-8-22(9-5-12)10-7-20/h2-4,6,11H,5,7-10,20H2,1H3,(H,21,23). The largest absolute Gasteiger partial charge is 0.496 e. The number of methoxy groups -OCH3 is 1. The molecule has 0 saturated carbocycles. The molecule has 1 aliphatic rings. The Morgan fingerprint density at radius 3 is 2.96 bits per heavy atom. The SMILES string of the molecule is COc1ccc2[nH]c(=O)c3sccc3c2c1C1=CCN(CCN)CC1. The Kier molecular flexibility index (Phi) is 4.33. The van der Waals surface area contributed by atoms with E-state index in [1.165, 1.54) is 16.9 Å². The second kappa shape index (κ2) is 6.63. The minimum Gasteiger partial charge on any atom is -0.496 e. The lowest BCUT2D eigenvalue weighted by Gasteiger charge is -2.27. The Bertz CT molecular complexity index is 1020. The van der Waals surface area contributed by atoms with Crippen LogP contribution in [0.5, 0.6) is 5.75 Å². The molecule has 0 spiro atoms. The van der Waals surface area contributed by atoms with Crippen LogP contribution in [-0.4, -0.2) is 43.2 Å². The first-order valence-corrected chi connectivity index (χ1v) is 9.33. The monoisotopic (exact) mass is 355 g/mol. The van der Waals surface area contributed by atoms with Gasteiger partial charge in [-0.1, -0.05) is 6.08 Å². The summed E-state index contributed by atoms with van der Waals surface area (Å²) in [6.45, 7) is 3.47. The third-order valence-electron chi connectivity index (χ3n) is 4.84. The van der Waals surface area contributed by atoms with Gasteiger partial charge >= 0.3 is 0 Å². The molecule has 0 fully saturated rings. The highest BCUT2D eigenvalue weighted by atomic mass is 32.1. The number of hydrogen-bond donors (Lipinski definition) is 2. The van der Waals surface area contributed by atoms with Crippen molar-refractivity contribution in [3.63, 3.8) is 0 Å². The Hall–Kier alpha value is -2.15. The topological polar surface area (TPSA) is 71.4 Å². The van der Waals surface area contributed by atoms with Gasteiger partial charge in [-0.25, -0.2) is 0 Å². The zero-order chi connectivity index (χ0) is 17.4. The van der Waals surface area contributed by atoms with Crippen molar-refractivity contribution in [2.24, 2.45) is 5.73 Å². The van der Waals surface area contributed by atoms with E-state index >= 15 is 0 Å². The van der Waals surface area contributed by atoms with Crippen molar-refractivity contribution < 1.29 is 4.74 Å². The molecule has 3 N–H and O–H groups in total. The molecule has 130 valence electrons. The molecule has 0 atom stereocenters. The maximum Gasteiger partial charge on any atom is 0.266 e. The van der Waals surface area contributed by atoms with Crippen molar-refractivity contribution >= 4 is 37.9 Å². The quantitative estimate of drug-likeness (QED) is 0.755. The number of aromatic amines is 1. The highest BCUT2D eigenvalue weighted by Gasteiger charge is 2.20. The number of nitrogens with two attached hydrogens (primary N) is 1. The molecule has 6 heteroatoms. The number of hydrogen-bond acceptors (Lipinski definition) is 5. The molecular weight excluding hydrogens is 334 g/mol. The molecule has 2 aromatic heterocycles. The molecule has 1 aromatic carbocycles. The Morgan fingerprint density at radius 2 is 2.24 bits per heavy atom. The van der Waals surface area contributed by atoms with Crippen LogP contribution in [0.4, 0.5) is 0 Å². The van der Waals surface area contributed by atoms with Crippen LogP contribution in [0.3, 0.4) is 0 Å². The van der Waals surface area contributed by atoms with Crippen LogP contribution in [0, 0.1) is 0 Å². The molecule has 0 bridgehead atoms. The smallest absolute Gasteiger partial charge is 0.266 e. The van der Waals surface area contributed by atoms with E-state index in [0.717, 1.165) is 58.4 Å². The molecule has 0 amide bonds. The Morgan fingerprint density at radius 1 is 1.36 bits per heavy atom. The van der Waals surface area contributed by atoms with Crippen molar-refractivity contribution in [1.29, 1.82) is 0 Å². The van der Waals surface area contributed by atoms with Crippen LogP contribution in [0.2, 0.25) is 0 Å². The van der Waals surface area contributed by atoms with Crippen molar-refractivity contribution in [2.45, 2.75) is 6.42 Å². The lowest BCUT2D eigenvalue weighted by Crippen LogP contribution is -2.33. The normalized spacial score (nSPS) is 15.7. The second-order valence-corrected chi connectivity index (χ2v) is 7.17. The van der Waals surface area contributed by atoms with Gasteiger partial charge in [-0.3, -0.25) is 9.69 Å². The summed E-state index contributed by atoms with van der Waals surface area (Å²) in [5.41, 5.74) is 8.88. The average molecular weight is 355 g/mol. The molecule has 1 aliphatic heterocycles. The highest BCUT2D eigenvalue weighted by Crippen LogP contribution is 2.39. The minimum absolute atomic E-state index is 0.0274. The molecule has 3 heterocycles. The number of H-pyrrole nitrogens is 1.